The van der Waals surface area contributed by atoms with Gasteiger partial charge in [-0.2, -0.15) is 0 Å². The summed E-state index contributed by atoms with van der Waals surface area (Å²) in [6.07, 6.45) is -3.01. The van der Waals surface area contributed by atoms with Crippen LogP contribution in [0.15, 0.2) is 23.3 Å². The van der Waals surface area contributed by atoms with Crippen molar-refractivity contribution >= 4 is 29.8 Å². The van der Waals surface area contributed by atoms with E-state index in [1.54, 1.807) is 53.7 Å². The Morgan fingerprint density at radius 1 is 0.792 bits per heavy atom. The Morgan fingerprint density at radius 3 is 1.90 bits per heavy atom. The van der Waals surface area contributed by atoms with Crippen LogP contribution in [0.2, 0.25) is 0 Å². The third-order valence-electron chi connectivity index (χ3n) is 12.3. The van der Waals surface area contributed by atoms with Gasteiger partial charge < -0.3 is 33.5 Å². The molecule has 0 aromatic rings. The molecule has 5 rings (SSSR count). The number of hydrogen-bond donors (Lipinski definition) is 1. The van der Waals surface area contributed by atoms with Crippen molar-refractivity contribution in [2.75, 3.05) is 0 Å². The highest BCUT2D eigenvalue weighted by atomic mass is 16.7. The van der Waals surface area contributed by atoms with Crippen molar-refractivity contribution in [1.82, 2.24) is 0 Å². The molecule has 1 saturated heterocycles. The lowest BCUT2D eigenvalue weighted by Crippen LogP contribution is -2.66. The molecule has 0 aromatic carbocycles. The van der Waals surface area contributed by atoms with Gasteiger partial charge in [0.15, 0.2) is 18.0 Å². The molecule has 0 aromatic heterocycles. The molecule has 2 bridgehead atoms. The van der Waals surface area contributed by atoms with Gasteiger partial charge in [-0.3, -0.25) is 14.4 Å². The van der Waals surface area contributed by atoms with Crippen molar-refractivity contribution in [2.24, 2.45) is 40.4 Å². The number of carbonyl (C=O) groups is 5. The lowest BCUT2D eigenvalue weighted by Gasteiger charge is -2.52. The van der Waals surface area contributed by atoms with E-state index >= 15 is 0 Å². The van der Waals surface area contributed by atoms with E-state index in [1.165, 1.54) is 20.8 Å². The van der Waals surface area contributed by atoms with Crippen LogP contribution in [0.25, 0.3) is 0 Å². The number of aliphatic hydroxyl groups excluding tert-OH is 1. The second kappa shape index (κ2) is 12.0. The second-order valence-electron chi connectivity index (χ2n) is 15.3. The minimum absolute atomic E-state index is 0.00609. The molecule has 4 saturated carbocycles. The van der Waals surface area contributed by atoms with Crippen molar-refractivity contribution < 1.29 is 57.5 Å². The molecule has 4 unspecified atom stereocenters. The maximum Gasteiger partial charge on any atom is 0.334 e. The molecule has 0 spiro atoms. The molecule has 0 radical (unpaired) electrons. The van der Waals surface area contributed by atoms with E-state index in [2.05, 4.69) is 13.8 Å². The fraction of sp³-hybridized carbons (Fsp3) is 0.750. The van der Waals surface area contributed by atoms with Crippen molar-refractivity contribution in [1.29, 1.82) is 0 Å². The molecule has 1 aliphatic heterocycles. The first-order valence-corrected chi connectivity index (χ1v) is 16.8. The van der Waals surface area contributed by atoms with Gasteiger partial charge in [0.1, 0.15) is 29.3 Å². The first-order valence-electron chi connectivity index (χ1n) is 16.8. The summed E-state index contributed by atoms with van der Waals surface area (Å²) in [5.74, 6) is -6.00. The molecule has 1 N–H and O–H groups in total. The van der Waals surface area contributed by atoms with Gasteiger partial charge in [-0.05, 0) is 70.6 Å². The quantitative estimate of drug-likeness (QED) is 0.236. The Labute approximate surface area is 281 Å². The zero-order valence-electron chi connectivity index (χ0n) is 29.8. The maximum atomic E-state index is 13.9. The van der Waals surface area contributed by atoms with Gasteiger partial charge in [0.05, 0.1) is 5.92 Å². The van der Waals surface area contributed by atoms with Crippen LogP contribution in [-0.4, -0.2) is 76.9 Å². The monoisotopic (exact) mass is 674 g/mol. The molecule has 1 heterocycles. The van der Waals surface area contributed by atoms with Crippen LogP contribution < -0.4 is 0 Å². The number of rotatable bonds is 7. The van der Waals surface area contributed by atoms with Crippen LogP contribution in [0.3, 0.4) is 0 Å². The number of esters is 5. The van der Waals surface area contributed by atoms with E-state index in [4.69, 9.17) is 28.4 Å². The highest BCUT2D eigenvalue weighted by Crippen LogP contribution is 2.80. The number of hydrogen-bond acceptors (Lipinski definition) is 12. The number of aliphatic hydroxyl groups is 1. The summed E-state index contributed by atoms with van der Waals surface area (Å²) < 4.78 is 38.0. The minimum Gasteiger partial charge on any atom is -0.462 e. The molecule has 13 atom stereocenters. The van der Waals surface area contributed by atoms with E-state index in [1.807, 2.05) is 0 Å². The summed E-state index contributed by atoms with van der Waals surface area (Å²) in [5, 5.41) is 12.4. The van der Waals surface area contributed by atoms with Crippen LogP contribution in [0.5, 0.6) is 0 Å². The topological polar surface area (TPSA) is 161 Å². The highest BCUT2D eigenvalue weighted by Gasteiger charge is 2.89. The summed E-state index contributed by atoms with van der Waals surface area (Å²) in [7, 11) is 0. The van der Waals surface area contributed by atoms with E-state index in [-0.39, 0.29) is 29.2 Å². The molecule has 4 aliphatic carbocycles. The Morgan fingerprint density at radius 2 is 1.35 bits per heavy atom. The van der Waals surface area contributed by atoms with Gasteiger partial charge >= 0.3 is 29.8 Å². The molecule has 266 valence electrons. The largest absolute Gasteiger partial charge is 0.462 e. The number of ether oxygens (including phenoxy) is 6. The highest BCUT2D eigenvalue weighted by molar-refractivity contribution is 5.88. The molecule has 5 fully saturated rings. The van der Waals surface area contributed by atoms with Crippen LogP contribution >= 0.6 is 0 Å². The Kier molecular flexibility index (Phi) is 8.98. The molecule has 12 nitrogen and oxygen atoms in total. The third kappa shape index (κ3) is 5.03. The molecule has 0 amide bonds. The molecule has 12 heteroatoms. The predicted molar refractivity (Wildman–Crippen MR) is 168 cm³/mol. The summed E-state index contributed by atoms with van der Waals surface area (Å²) in [4.78, 5) is 66.4. The molecular weight excluding hydrogens is 624 g/mol. The Hall–Kier alpha value is -3.25. The number of allylic oxidation sites excluding steroid dienone is 2. The lowest BCUT2D eigenvalue weighted by atomic mass is 9.56. The van der Waals surface area contributed by atoms with Gasteiger partial charge in [-0.15, -0.1) is 0 Å². The number of carbonyl (C=O) groups excluding carboxylic acids is 5. The van der Waals surface area contributed by atoms with Gasteiger partial charge in [-0.25, -0.2) is 9.59 Å². The fourth-order valence-electron chi connectivity index (χ4n) is 10.2. The van der Waals surface area contributed by atoms with Crippen LogP contribution in [0.1, 0.15) is 89.0 Å². The first-order chi connectivity index (χ1) is 22.2. The van der Waals surface area contributed by atoms with Gasteiger partial charge in [0.25, 0.3) is 0 Å². The second-order valence-corrected chi connectivity index (χ2v) is 15.3. The van der Waals surface area contributed by atoms with E-state index in [9.17, 15) is 29.1 Å². The average molecular weight is 675 g/mol. The summed E-state index contributed by atoms with van der Waals surface area (Å²) >= 11 is 0. The standard InChI is InChI=1S/C36H50O12/c1-12-16(3)29(40)46-23-14-22-24(33(22,9)10)27-34(11)31(45-21(8)39)35(47-30(41)17(4)13-2)15-18(5)26(43-19(6)37)25(35)28(44-20(7)38)36(23,27)32(42)48-34/h12-13,18,22-28,31-32,42H,14-15H2,1-11H3/b16-12+,17-13+/t18?,22-,23?,24-,25+,26?,27-,28+,31+,32+,34+,35?,36+/m0/s1. The normalized spacial score (nSPS) is 43.8. The van der Waals surface area contributed by atoms with Gasteiger partial charge in [-0.1, -0.05) is 32.9 Å². The van der Waals surface area contributed by atoms with Crippen molar-refractivity contribution in [2.45, 2.75) is 131 Å². The van der Waals surface area contributed by atoms with Crippen molar-refractivity contribution in [3.05, 3.63) is 23.3 Å². The lowest BCUT2D eigenvalue weighted by molar-refractivity contribution is -0.289. The fourth-order valence-corrected chi connectivity index (χ4v) is 10.2. The minimum atomic E-state index is -1.78. The molecular formula is C36H50O12. The van der Waals surface area contributed by atoms with E-state index in [0.717, 1.165) is 0 Å². The summed E-state index contributed by atoms with van der Waals surface area (Å²) in [6.45, 7) is 18.0. The van der Waals surface area contributed by atoms with Crippen LogP contribution in [0, 0.1) is 40.4 Å². The first kappa shape index (κ1) is 36.0. The van der Waals surface area contributed by atoms with Gasteiger partial charge in [0.2, 0.25) is 0 Å². The van der Waals surface area contributed by atoms with Gasteiger partial charge in [0, 0.05) is 37.8 Å². The van der Waals surface area contributed by atoms with E-state index in [0.29, 0.717) is 12.0 Å². The van der Waals surface area contributed by atoms with E-state index < -0.39 is 94.9 Å². The third-order valence-corrected chi connectivity index (χ3v) is 12.3. The van der Waals surface area contributed by atoms with Crippen molar-refractivity contribution in [3.63, 3.8) is 0 Å². The SMILES string of the molecule is C/C=C(\C)C(=O)OC1C[C@H]2[C@@H]([C@H]3[C@@]4(C)O[C@@H](O)[C@]13[C@H](OC(C)=O)[C@H]1C(OC(C)=O)C(C)CC1(OC(=O)/C(C)=C/C)[C@@H]4OC(C)=O)C2(C)C. The summed E-state index contributed by atoms with van der Waals surface area (Å²) in [6, 6.07) is 0. The number of fused-ring (bicyclic) bond motifs is 2. The van der Waals surface area contributed by atoms with Crippen molar-refractivity contribution in [3.8, 4) is 0 Å². The Bertz CT molecular complexity index is 1460. The zero-order valence-corrected chi connectivity index (χ0v) is 29.8. The van der Waals surface area contributed by atoms with Crippen LogP contribution in [0.4, 0.5) is 0 Å². The molecule has 5 aliphatic rings. The Balaban J connectivity index is 1.90. The summed E-state index contributed by atoms with van der Waals surface area (Å²) in [5.41, 5.74) is -4.75. The molecule has 48 heavy (non-hydrogen) atoms. The average Bonchev–Trinajstić information content (AvgIpc) is 3.29. The van der Waals surface area contributed by atoms with Crippen LogP contribution in [-0.2, 0) is 52.4 Å². The smallest absolute Gasteiger partial charge is 0.334 e. The maximum absolute atomic E-state index is 13.9. The predicted octanol–water partition coefficient (Wildman–Crippen LogP) is 3.96. The zero-order chi connectivity index (χ0) is 35.9.